The van der Waals surface area contributed by atoms with E-state index in [1.54, 1.807) is 0 Å². The predicted octanol–water partition coefficient (Wildman–Crippen LogP) is 6.73. The maximum atomic E-state index is 5.15. The Morgan fingerprint density at radius 1 is 0.629 bits per heavy atom. The van der Waals surface area contributed by atoms with Gasteiger partial charge in [-0.05, 0) is 93.7 Å². The van der Waals surface area contributed by atoms with E-state index in [4.69, 9.17) is 4.98 Å². The second-order valence-electron chi connectivity index (χ2n) is 9.74. The Kier molecular flexibility index (Phi) is 3.11. The first-order chi connectivity index (χ1) is 17.3. The summed E-state index contributed by atoms with van der Waals surface area (Å²) in [5, 5.41) is 2.10. The van der Waals surface area contributed by atoms with Crippen LogP contribution in [0.1, 0.15) is 22.3 Å². The summed E-state index contributed by atoms with van der Waals surface area (Å²) in [7, 11) is 0. The monoisotopic (exact) mass is 446 g/mol. The maximum Gasteiger partial charge on any atom is 0.147 e. The van der Waals surface area contributed by atoms with Gasteiger partial charge in [0, 0.05) is 29.4 Å². The van der Waals surface area contributed by atoms with Crippen LogP contribution in [-0.2, 0) is 12.8 Å². The van der Waals surface area contributed by atoms with Crippen molar-refractivity contribution in [3.05, 3.63) is 108 Å². The molecule has 7 aromatic rings. The summed E-state index contributed by atoms with van der Waals surface area (Å²) in [6, 6.07) is 24.5. The summed E-state index contributed by atoms with van der Waals surface area (Å²) in [6.45, 7) is 0. The maximum absolute atomic E-state index is 5.15. The third kappa shape index (κ3) is 2.20. The molecule has 0 amide bonds. The lowest BCUT2D eigenvalue weighted by Crippen LogP contribution is -1.93. The Morgan fingerprint density at radius 3 is 2.43 bits per heavy atom. The van der Waals surface area contributed by atoms with Gasteiger partial charge in [-0.3, -0.25) is 14.4 Å². The fourth-order valence-corrected chi connectivity index (χ4v) is 6.39. The van der Waals surface area contributed by atoms with E-state index >= 15 is 0 Å². The summed E-state index contributed by atoms with van der Waals surface area (Å²) in [5.41, 5.74) is 16.3. The van der Waals surface area contributed by atoms with Crippen molar-refractivity contribution in [3.63, 3.8) is 0 Å². The molecule has 162 valence electrons. The standard InChI is InChI=1S/C31H18N4/c1-2-5-21-17(4-1)10-18-11-19-12-20-13-29-27(15-25(20)24(19)14-23(18)21)34-31-22-6-3-8-33-30(22)26-16-32-9-7-28(26)35(29)31/h1-9,11,13-16H,10,12H2. The van der Waals surface area contributed by atoms with Gasteiger partial charge >= 0.3 is 0 Å². The van der Waals surface area contributed by atoms with Gasteiger partial charge in [0.1, 0.15) is 5.65 Å². The molecule has 4 heterocycles. The van der Waals surface area contributed by atoms with Crippen LogP contribution in [0.3, 0.4) is 0 Å². The number of benzene rings is 3. The smallest absolute Gasteiger partial charge is 0.147 e. The molecule has 2 aliphatic carbocycles. The number of nitrogens with zero attached hydrogens (tertiary/aromatic N) is 4. The molecule has 35 heavy (non-hydrogen) atoms. The van der Waals surface area contributed by atoms with Crippen molar-refractivity contribution < 1.29 is 0 Å². The molecule has 0 fully saturated rings. The molecule has 0 atom stereocenters. The highest BCUT2D eigenvalue weighted by atomic mass is 15.0. The van der Waals surface area contributed by atoms with Crippen molar-refractivity contribution in [1.29, 1.82) is 0 Å². The van der Waals surface area contributed by atoms with E-state index in [9.17, 15) is 0 Å². The highest BCUT2D eigenvalue weighted by molar-refractivity contribution is 6.12. The molecule has 2 aliphatic rings. The summed E-state index contributed by atoms with van der Waals surface area (Å²) in [5.74, 6) is 0. The van der Waals surface area contributed by atoms with E-state index in [2.05, 4.69) is 75.0 Å². The fraction of sp³-hybridized carbons (Fsp3) is 0.0645. The van der Waals surface area contributed by atoms with Crippen LogP contribution in [0, 0.1) is 0 Å². The van der Waals surface area contributed by atoms with Crippen LogP contribution in [-0.4, -0.2) is 19.4 Å². The van der Waals surface area contributed by atoms with E-state index in [0.717, 1.165) is 51.3 Å². The van der Waals surface area contributed by atoms with Gasteiger partial charge in [-0.25, -0.2) is 4.98 Å². The first kappa shape index (κ1) is 17.8. The minimum absolute atomic E-state index is 0.950. The number of rotatable bonds is 0. The number of hydrogen-bond acceptors (Lipinski definition) is 3. The van der Waals surface area contributed by atoms with Crippen LogP contribution < -0.4 is 0 Å². The van der Waals surface area contributed by atoms with Gasteiger partial charge in [0.15, 0.2) is 0 Å². The molecule has 4 heteroatoms. The summed E-state index contributed by atoms with van der Waals surface area (Å²) >= 11 is 0. The van der Waals surface area contributed by atoms with Gasteiger partial charge in [-0.1, -0.05) is 30.3 Å². The zero-order valence-electron chi connectivity index (χ0n) is 18.8. The molecule has 0 N–H and O–H groups in total. The molecule has 3 aromatic carbocycles. The topological polar surface area (TPSA) is 43.1 Å². The van der Waals surface area contributed by atoms with Gasteiger partial charge in [0.25, 0.3) is 0 Å². The van der Waals surface area contributed by atoms with E-state index in [1.807, 2.05) is 24.7 Å². The second-order valence-corrected chi connectivity index (χ2v) is 9.74. The van der Waals surface area contributed by atoms with Gasteiger partial charge in [0.2, 0.25) is 0 Å². The van der Waals surface area contributed by atoms with Crippen LogP contribution in [0.4, 0.5) is 0 Å². The molecular weight excluding hydrogens is 428 g/mol. The molecule has 4 aromatic heterocycles. The van der Waals surface area contributed by atoms with Crippen LogP contribution in [0.2, 0.25) is 0 Å². The quantitative estimate of drug-likeness (QED) is 0.243. The molecule has 0 saturated carbocycles. The van der Waals surface area contributed by atoms with Gasteiger partial charge in [-0.2, -0.15) is 0 Å². The summed E-state index contributed by atoms with van der Waals surface area (Å²) in [6.07, 6.45) is 7.61. The fourth-order valence-electron chi connectivity index (χ4n) is 6.39. The number of hydrogen-bond donors (Lipinski definition) is 0. The van der Waals surface area contributed by atoms with Crippen molar-refractivity contribution in [3.8, 4) is 22.3 Å². The SMILES string of the molecule is c1ccc2c(c1)Cc1cc3c(cc1-2)-c1cc2nc4c5cccnc5c5cnccc5n4c2cc1C3. The van der Waals surface area contributed by atoms with Crippen molar-refractivity contribution >= 4 is 38.5 Å². The van der Waals surface area contributed by atoms with Crippen molar-refractivity contribution in [1.82, 2.24) is 19.4 Å². The molecule has 0 spiro atoms. The predicted molar refractivity (Wildman–Crippen MR) is 140 cm³/mol. The number of fused-ring (bicyclic) bond motifs is 14. The normalized spacial score (nSPS) is 13.5. The van der Waals surface area contributed by atoms with E-state index < -0.39 is 0 Å². The number of aromatic nitrogens is 4. The lowest BCUT2D eigenvalue weighted by molar-refractivity contribution is 1.21. The first-order valence-electron chi connectivity index (χ1n) is 12.0. The lowest BCUT2D eigenvalue weighted by Gasteiger charge is -2.08. The molecule has 0 bridgehead atoms. The number of imidazole rings is 1. The highest BCUT2D eigenvalue weighted by Crippen LogP contribution is 2.46. The zero-order chi connectivity index (χ0) is 22.7. The third-order valence-corrected chi connectivity index (χ3v) is 7.91. The van der Waals surface area contributed by atoms with Crippen molar-refractivity contribution in [2.24, 2.45) is 0 Å². The van der Waals surface area contributed by atoms with E-state index in [-0.39, 0.29) is 0 Å². The third-order valence-electron chi connectivity index (χ3n) is 7.91. The average Bonchev–Trinajstić information content (AvgIpc) is 3.56. The minimum atomic E-state index is 0.950. The largest absolute Gasteiger partial charge is 0.291 e. The van der Waals surface area contributed by atoms with E-state index in [1.165, 1.54) is 44.5 Å². The van der Waals surface area contributed by atoms with Gasteiger partial charge in [-0.15, -0.1) is 0 Å². The van der Waals surface area contributed by atoms with Crippen molar-refractivity contribution in [2.75, 3.05) is 0 Å². The highest BCUT2D eigenvalue weighted by Gasteiger charge is 2.26. The Balaban J connectivity index is 1.35. The van der Waals surface area contributed by atoms with Crippen LogP contribution >= 0.6 is 0 Å². The Hall–Kier alpha value is -4.57. The summed E-state index contributed by atoms with van der Waals surface area (Å²) in [4.78, 5) is 14.2. The Labute approximate surface area is 200 Å². The second kappa shape index (κ2) is 6.10. The van der Waals surface area contributed by atoms with Crippen molar-refractivity contribution in [2.45, 2.75) is 12.8 Å². The van der Waals surface area contributed by atoms with Gasteiger partial charge < -0.3 is 0 Å². The van der Waals surface area contributed by atoms with Crippen LogP contribution in [0.15, 0.2) is 85.3 Å². The molecule has 0 aliphatic heterocycles. The lowest BCUT2D eigenvalue weighted by atomic mass is 9.98. The molecule has 0 saturated heterocycles. The minimum Gasteiger partial charge on any atom is -0.291 e. The van der Waals surface area contributed by atoms with Crippen LogP contribution in [0.25, 0.3) is 60.7 Å². The molecule has 0 unspecified atom stereocenters. The molecular formula is C31H18N4. The molecule has 4 nitrogen and oxygen atoms in total. The average molecular weight is 447 g/mol. The van der Waals surface area contributed by atoms with Gasteiger partial charge in [0.05, 0.1) is 22.1 Å². The Bertz CT molecular complexity index is 2070. The summed E-state index contributed by atoms with van der Waals surface area (Å²) < 4.78 is 2.29. The number of pyridine rings is 3. The van der Waals surface area contributed by atoms with Crippen LogP contribution in [0.5, 0.6) is 0 Å². The van der Waals surface area contributed by atoms with E-state index in [0.29, 0.717) is 0 Å². The zero-order valence-corrected chi connectivity index (χ0v) is 18.8. The Morgan fingerprint density at radius 2 is 1.46 bits per heavy atom. The molecule has 9 rings (SSSR count). The molecule has 0 radical (unpaired) electrons. The first-order valence-corrected chi connectivity index (χ1v) is 12.0.